The second kappa shape index (κ2) is 19.1. The van der Waals surface area contributed by atoms with Gasteiger partial charge in [-0.3, -0.25) is 28.9 Å². The number of carboxylic acids is 6. The fourth-order valence-electron chi connectivity index (χ4n) is 4.65. The Morgan fingerprint density at radius 3 is 1.53 bits per heavy atom. The molecule has 2 rings (SSSR count). The maximum atomic E-state index is 12.8. The van der Waals surface area contributed by atoms with E-state index in [1.54, 1.807) is 4.90 Å². The van der Waals surface area contributed by atoms with Crippen molar-refractivity contribution in [3.8, 4) is 0 Å². The van der Waals surface area contributed by atoms with Crippen LogP contribution in [0.1, 0.15) is 50.2 Å². The highest BCUT2D eigenvalue weighted by Gasteiger charge is 2.28. The molecule has 0 radical (unpaired) electrons. The summed E-state index contributed by atoms with van der Waals surface area (Å²) < 4.78 is 2.73. The third kappa shape index (κ3) is 14.2. The van der Waals surface area contributed by atoms with Gasteiger partial charge in [0, 0.05) is 44.0 Å². The van der Waals surface area contributed by atoms with Crippen molar-refractivity contribution in [2.75, 3.05) is 6.54 Å². The van der Waals surface area contributed by atoms with Crippen molar-refractivity contribution in [1.29, 1.82) is 0 Å². The Morgan fingerprint density at radius 1 is 0.653 bits per heavy atom. The van der Waals surface area contributed by atoms with Crippen molar-refractivity contribution in [2.45, 2.75) is 76.8 Å². The molecule has 2 aromatic rings. The second-order valence-electron chi connectivity index (χ2n) is 10.9. The molecule has 2 amide bonds. The molecule has 21 heteroatoms. The number of imidazole rings is 2. The van der Waals surface area contributed by atoms with Gasteiger partial charge in [-0.05, 0) is 25.8 Å². The number of carbonyl (C=O) groups excluding carboxylic acids is 2. The molecule has 0 saturated carbocycles. The lowest BCUT2D eigenvalue weighted by Gasteiger charge is -2.24. The summed E-state index contributed by atoms with van der Waals surface area (Å²) in [4.78, 5) is 103. The number of ketones is 1. The Balaban J connectivity index is 2.08. The minimum absolute atomic E-state index is 0.00751. The first-order valence-electron chi connectivity index (χ1n) is 14.7. The van der Waals surface area contributed by atoms with Crippen LogP contribution in [-0.2, 0) is 59.7 Å². The van der Waals surface area contributed by atoms with Gasteiger partial charge < -0.3 is 50.4 Å². The molecule has 268 valence electrons. The monoisotopic (exact) mass is 695 g/mol. The number of aliphatic carboxylic acids is 6. The Bertz CT molecular complexity index is 1460. The first kappa shape index (κ1) is 39.3. The number of nitrogens with zero attached hydrogens (tertiary/aromatic N) is 5. The van der Waals surface area contributed by atoms with Gasteiger partial charge in [0.15, 0.2) is 0 Å². The van der Waals surface area contributed by atoms with Crippen LogP contribution in [-0.4, -0.2) is 121 Å². The Hall–Kier alpha value is -5.86. The minimum atomic E-state index is -1.67. The summed E-state index contributed by atoms with van der Waals surface area (Å²) in [6, 6.07) is -4.52. The number of hydrogen-bond donors (Lipinski definition) is 8. The molecule has 0 fully saturated rings. The molecule has 0 spiro atoms. The number of nitrogens with one attached hydrogen (secondary N) is 2. The SMILES string of the molecule is O=C(O)CC[C@H](NC(=O)N[C@@H](CCC(=O)C[C@@H](CCN(Cc1nccn1CC(=O)O)Cc1nccn1CC(=O)O)C(=O)O)C(=O)O)C(=O)O. The van der Waals surface area contributed by atoms with E-state index in [1.165, 1.54) is 33.9 Å². The molecule has 3 atom stereocenters. The van der Waals surface area contributed by atoms with Crippen LogP contribution in [0.3, 0.4) is 0 Å². The normalized spacial score (nSPS) is 12.8. The summed E-state index contributed by atoms with van der Waals surface area (Å²) in [6.07, 6.45) is 3.03. The van der Waals surface area contributed by atoms with E-state index >= 15 is 0 Å². The Morgan fingerprint density at radius 2 is 1.12 bits per heavy atom. The number of aromatic nitrogens is 4. The number of rotatable bonds is 24. The van der Waals surface area contributed by atoms with Gasteiger partial charge in [0.1, 0.15) is 42.6 Å². The summed E-state index contributed by atoms with van der Waals surface area (Å²) in [5, 5.41) is 59.6. The maximum absolute atomic E-state index is 12.8. The van der Waals surface area contributed by atoms with Crippen molar-refractivity contribution in [2.24, 2.45) is 5.92 Å². The molecule has 0 unspecified atom stereocenters. The van der Waals surface area contributed by atoms with Gasteiger partial charge in [-0.25, -0.2) is 24.4 Å². The van der Waals surface area contributed by atoms with Crippen LogP contribution >= 0.6 is 0 Å². The average molecular weight is 696 g/mol. The van der Waals surface area contributed by atoms with Gasteiger partial charge in [0.25, 0.3) is 0 Å². The van der Waals surface area contributed by atoms with Gasteiger partial charge in [-0.1, -0.05) is 0 Å². The number of hydrogen-bond acceptors (Lipinski definition) is 11. The smallest absolute Gasteiger partial charge is 0.326 e. The summed E-state index contributed by atoms with van der Waals surface area (Å²) >= 11 is 0. The number of carbonyl (C=O) groups is 8. The molecule has 0 aliphatic heterocycles. The number of urea groups is 1. The highest BCUT2D eigenvalue weighted by atomic mass is 16.4. The van der Waals surface area contributed by atoms with E-state index in [0.29, 0.717) is 11.6 Å². The molecule has 21 nitrogen and oxygen atoms in total. The van der Waals surface area contributed by atoms with E-state index in [2.05, 4.69) is 9.97 Å². The number of Topliss-reactive ketones (excluding diaryl/α,β-unsaturated/α-hetero) is 1. The first-order chi connectivity index (χ1) is 23.0. The summed E-state index contributed by atoms with van der Waals surface area (Å²) in [7, 11) is 0. The van der Waals surface area contributed by atoms with Gasteiger partial charge in [0.05, 0.1) is 19.0 Å². The number of amides is 2. The van der Waals surface area contributed by atoms with Crippen molar-refractivity contribution in [1.82, 2.24) is 34.6 Å². The molecule has 0 aliphatic rings. The van der Waals surface area contributed by atoms with Crippen molar-refractivity contribution < 1.29 is 69.0 Å². The average Bonchev–Trinajstić information content (AvgIpc) is 3.62. The lowest BCUT2D eigenvalue weighted by Crippen LogP contribution is -2.51. The van der Waals surface area contributed by atoms with E-state index in [9.17, 15) is 63.9 Å². The predicted molar refractivity (Wildman–Crippen MR) is 160 cm³/mol. The lowest BCUT2D eigenvalue weighted by atomic mass is 9.95. The van der Waals surface area contributed by atoms with Crippen LogP contribution in [0.4, 0.5) is 4.79 Å². The van der Waals surface area contributed by atoms with Crippen LogP contribution in [0.25, 0.3) is 0 Å². The molecule has 0 bridgehead atoms. The summed E-state index contributed by atoms with van der Waals surface area (Å²) in [5.74, 6) is -9.29. The standard InChI is InChI=1S/C28H37N7O14/c36-17(1-2-18(26(45)46)31-28(49)32-19(27(47)48)3-4-22(37)38)11-16(25(43)44)5-8-33(12-20-29-6-9-34(20)14-23(39)40)13-21-30-7-10-35(21)15-24(41)42/h6-7,9-10,16,18-19H,1-5,8,11-15H2,(H,37,38)(H,39,40)(H,41,42)(H,43,44)(H,45,46)(H,47,48)(H2,31,32,49)/t16-,18+,19+/m1/s1. The van der Waals surface area contributed by atoms with Gasteiger partial charge in [-0.2, -0.15) is 0 Å². The zero-order valence-electron chi connectivity index (χ0n) is 26.0. The zero-order valence-corrected chi connectivity index (χ0v) is 26.0. The molecule has 2 aromatic heterocycles. The minimum Gasteiger partial charge on any atom is -0.481 e. The molecule has 49 heavy (non-hydrogen) atoms. The van der Waals surface area contributed by atoms with Crippen LogP contribution in [0.2, 0.25) is 0 Å². The Labute approximate surface area is 277 Å². The maximum Gasteiger partial charge on any atom is 0.326 e. The fourth-order valence-corrected chi connectivity index (χ4v) is 4.65. The van der Waals surface area contributed by atoms with Crippen LogP contribution < -0.4 is 10.6 Å². The quantitative estimate of drug-likeness (QED) is 0.0663. The van der Waals surface area contributed by atoms with Gasteiger partial charge in [-0.15, -0.1) is 0 Å². The Kier molecular flexibility index (Phi) is 15.3. The molecule has 8 N–H and O–H groups in total. The molecule has 0 aromatic carbocycles. The molecule has 0 saturated heterocycles. The molecular weight excluding hydrogens is 658 g/mol. The summed E-state index contributed by atoms with van der Waals surface area (Å²) in [6.45, 7) is -0.777. The van der Waals surface area contributed by atoms with E-state index in [0.717, 1.165) is 0 Å². The van der Waals surface area contributed by atoms with E-state index < -0.39 is 111 Å². The topological polar surface area (TPSA) is 321 Å². The molecule has 0 aliphatic carbocycles. The lowest BCUT2D eigenvalue weighted by molar-refractivity contribution is -0.144. The zero-order chi connectivity index (χ0) is 36.7. The van der Waals surface area contributed by atoms with Gasteiger partial charge >= 0.3 is 41.8 Å². The summed E-state index contributed by atoms with van der Waals surface area (Å²) in [5.41, 5.74) is 0. The predicted octanol–water partition coefficient (Wildman–Crippen LogP) is -0.848. The fraction of sp³-hybridized carbons (Fsp3) is 0.500. The van der Waals surface area contributed by atoms with Crippen LogP contribution in [0.5, 0.6) is 0 Å². The van der Waals surface area contributed by atoms with E-state index in [-0.39, 0.29) is 26.1 Å². The van der Waals surface area contributed by atoms with E-state index in [4.69, 9.17) is 5.11 Å². The van der Waals surface area contributed by atoms with Gasteiger partial charge in [0.2, 0.25) is 0 Å². The third-order valence-electron chi connectivity index (χ3n) is 7.13. The largest absolute Gasteiger partial charge is 0.481 e. The van der Waals surface area contributed by atoms with Crippen LogP contribution in [0.15, 0.2) is 24.8 Å². The molecule has 2 heterocycles. The first-order valence-corrected chi connectivity index (χ1v) is 14.7. The van der Waals surface area contributed by atoms with Crippen molar-refractivity contribution >= 4 is 47.6 Å². The second-order valence-corrected chi connectivity index (χ2v) is 10.9. The molecular formula is C28H37N7O14. The van der Waals surface area contributed by atoms with Crippen LogP contribution in [0, 0.1) is 5.92 Å². The van der Waals surface area contributed by atoms with E-state index in [1.807, 2.05) is 10.6 Å². The third-order valence-corrected chi connectivity index (χ3v) is 7.13. The number of carboxylic acid groups (broad SMARTS) is 6. The highest BCUT2D eigenvalue weighted by molar-refractivity contribution is 5.87. The highest BCUT2D eigenvalue weighted by Crippen LogP contribution is 2.17. The van der Waals surface area contributed by atoms with Crippen molar-refractivity contribution in [3.63, 3.8) is 0 Å². The van der Waals surface area contributed by atoms with Crippen molar-refractivity contribution in [3.05, 3.63) is 36.4 Å².